The summed E-state index contributed by atoms with van der Waals surface area (Å²) in [6, 6.07) is 0.277. The van der Waals surface area contributed by atoms with E-state index < -0.39 is 0 Å². The third-order valence-corrected chi connectivity index (χ3v) is 1.39. The van der Waals surface area contributed by atoms with Crippen molar-refractivity contribution >= 4 is 18.3 Å². The molecule has 0 bridgehead atoms. The molecule has 1 atom stereocenters. The van der Waals surface area contributed by atoms with E-state index in [9.17, 15) is 4.79 Å². The van der Waals surface area contributed by atoms with Gasteiger partial charge in [0.25, 0.3) is 0 Å². The highest BCUT2D eigenvalue weighted by molar-refractivity contribution is 5.85. The molecule has 0 radical (unpaired) electrons. The lowest BCUT2D eigenvalue weighted by Gasteiger charge is -2.09. The maximum atomic E-state index is 10.8. The molecule has 0 fully saturated rings. The summed E-state index contributed by atoms with van der Waals surface area (Å²) in [5.74, 6) is 0.0526. The summed E-state index contributed by atoms with van der Waals surface area (Å²) in [6.45, 7) is 4.45. The van der Waals surface area contributed by atoms with Gasteiger partial charge in [-0.05, 0) is 13.3 Å². The molecule has 0 aliphatic rings. The van der Waals surface area contributed by atoms with Crippen LogP contribution in [0.15, 0.2) is 0 Å². The fourth-order valence-electron chi connectivity index (χ4n) is 0.580. The smallest absolute Gasteiger partial charge is 0.221 e. The topological polar surface area (TPSA) is 55.1 Å². The van der Waals surface area contributed by atoms with Gasteiger partial charge >= 0.3 is 0 Å². The van der Waals surface area contributed by atoms with Gasteiger partial charge in [-0.1, -0.05) is 6.92 Å². The molecule has 3 nitrogen and oxygen atoms in total. The number of carbonyl (C=O) groups excluding carboxylic acids is 1. The highest BCUT2D eigenvalue weighted by Crippen LogP contribution is 1.87. The van der Waals surface area contributed by atoms with Crippen molar-refractivity contribution in [2.45, 2.75) is 32.7 Å². The fraction of sp³-hybridized carbons (Fsp3) is 0.857. The molecule has 0 unspecified atom stereocenters. The number of nitrogens with one attached hydrogen (secondary N) is 1. The highest BCUT2D eigenvalue weighted by atomic mass is 35.5. The van der Waals surface area contributed by atoms with Crippen molar-refractivity contribution in [2.75, 3.05) is 6.54 Å². The lowest BCUT2D eigenvalue weighted by atomic mass is 10.2. The van der Waals surface area contributed by atoms with E-state index in [-0.39, 0.29) is 24.4 Å². The van der Waals surface area contributed by atoms with Gasteiger partial charge in [0.1, 0.15) is 0 Å². The fourth-order valence-corrected chi connectivity index (χ4v) is 0.580. The zero-order valence-electron chi connectivity index (χ0n) is 7.09. The van der Waals surface area contributed by atoms with Gasteiger partial charge < -0.3 is 11.1 Å². The molecule has 4 heteroatoms. The number of hydrogen-bond donors (Lipinski definition) is 2. The maximum Gasteiger partial charge on any atom is 0.221 e. The van der Waals surface area contributed by atoms with Gasteiger partial charge in [-0.25, -0.2) is 0 Å². The van der Waals surface area contributed by atoms with E-state index in [1.807, 2.05) is 13.8 Å². The first kappa shape index (κ1) is 13.3. The van der Waals surface area contributed by atoms with Crippen LogP contribution in [-0.2, 0) is 4.79 Å². The van der Waals surface area contributed by atoms with Crippen molar-refractivity contribution in [1.82, 2.24) is 5.32 Å². The monoisotopic (exact) mass is 180 g/mol. The molecule has 0 aromatic heterocycles. The molecule has 0 rings (SSSR count). The minimum absolute atomic E-state index is 0. The molecular formula is C7H17ClN2O. The first-order valence-corrected chi connectivity index (χ1v) is 3.70. The molecule has 0 spiro atoms. The van der Waals surface area contributed by atoms with Crippen LogP contribution in [0.4, 0.5) is 0 Å². The maximum absolute atomic E-state index is 10.8. The van der Waals surface area contributed by atoms with Crippen molar-refractivity contribution in [3.63, 3.8) is 0 Å². The first-order chi connectivity index (χ1) is 4.70. The van der Waals surface area contributed by atoms with Crippen molar-refractivity contribution in [3.8, 4) is 0 Å². The van der Waals surface area contributed by atoms with Gasteiger partial charge in [-0.2, -0.15) is 0 Å². The Labute approximate surface area is 74.1 Å². The van der Waals surface area contributed by atoms with Gasteiger partial charge in [-0.3, -0.25) is 4.79 Å². The van der Waals surface area contributed by atoms with E-state index in [2.05, 4.69) is 5.32 Å². The Balaban J connectivity index is 0. The number of carbonyl (C=O) groups is 1. The van der Waals surface area contributed by atoms with Gasteiger partial charge in [0.15, 0.2) is 0 Å². The van der Waals surface area contributed by atoms with Crippen LogP contribution in [0.5, 0.6) is 0 Å². The van der Waals surface area contributed by atoms with E-state index >= 15 is 0 Å². The third kappa shape index (κ3) is 7.62. The van der Waals surface area contributed by atoms with Gasteiger partial charge in [0, 0.05) is 19.0 Å². The highest BCUT2D eigenvalue weighted by Gasteiger charge is 2.02. The number of halogens is 1. The van der Waals surface area contributed by atoms with Crippen LogP contribution in [0.3, 0.4) is 0 Å². The van der Waals surface area contributed by atoms with Crippen LogP contribution >= 0.6 is 12.4 Å². The van der Waals surface area contributed by atoms with Crippen molar-refractivity contribution < 1.29 is 4.79 Å². The average molecular weight is 181 g/mol. The Hall–Kier alpha value is -0.280. The molecule has 0 saturated carbocycles. The summed E-state index contributed by atoms with van der Waals surface area (Å²) in [4.78, 5) is 10.8. The molecule has 0 aromatic carbocycles. The van der Waals surface area contributed by atoms with Crippen LogP contribution < -0.4 is 11.1 Å². The molecule has 0 saturated heterocycles. The van der Waals surface area contributed by atoms with Crippen molar-refractivity contribution in [1.29, 1.82) is 0 Å². The second kappa shape index (κ2) is 7.82. The largest absolute Gasteiger partial charge is 0.354 e. The lowest BCUT2D eigenvalue weighted by molar-refractivity contribution is -0.121. The number of amides is 1. The van der Waals surface area contributed by atoms with Crippen molar-refractivity contribution in [3.05, 3.63) is 0 Å². The zero-order valence-corrected chi connectivity index (χ0v) is 7.91. The van der Waals surface area contributed by atoms with E-state index in [0.717, 1.165) is 6.42 Å². The minimum atomic E-state index is 0. The van der Waals surface area contributed by atoms with Crippen LogP contribution in [0, 0.1) is 0 Å². The first-order valence-electron chi connectivity index (χ1n) is 3.70. The van der Waals surface area contributed by atoms with Gasteiger partial charge in [0.05, 0.1) is 0 Å². The van der Waals surface area contributed by atoms with Gasteiger partial charge in [0.2, 0.25) is 5.91 Å². The number of nitrogens with two attached hydrogens (primary N) is 1. The van der Waals surface area contributed by atoms with Crippen molar-refractivity contribution in [2.24, 2.45) is 5.73 Å². The summed E-state index contributed by atoms with van der Waals surface area (Å²) < 4.78 is 0. The van der Waals surface area contributed by atoms with E-state index in [1.165, 1.54) is 0 Å². The standard InChI is InChI=1S/C7H16N2O.ClH/c1-3-6(2)9-7(10)4-5-8;/h6H,3-5,8H2,1-2H3,(H,9,10);1H/t6-;/m1./s1. The second-order valence-corrected chi connectivity index (χ2v) is 2.42. The van der Waals surface area contributed by atoms with E-state index in [1.54, 1.807) is 0 Å². The number of rotatable bonds is 4. The zero-order chi connectivity index (χ0) is 7.98. The van der Waals surface area contributed by atoms with Crippen LogP contribution in [-0.4, -0.2) is 18.5 Å². The summed E-state index contributed by atoms with van der Waals surface area (Å²) in [7, 11) is 0. The van der Waals surface area contributed by atoms with E-state index in [0.29, 0.717) is 13.0 Å². The molecule has 3 N–H and O–H groups in total. The Morgan fingerprint density at radius 2 is 2.18 bits per heavy atom. The van der Waals surface area contributed by atoms with Crippen LogP contribution in [0.25, 0.3) is 0 Å². The summed E-state index contributed by atoms with van der Waals surface area (Å²) in [5.41, 5.74) is 5.19. The average Bonchev–Trinajstić information content (AvgIpc) is 1.88. The molecule has 0 heterocycles. The summed E-state index contributed by atoms with van der Waals surface area (Å²) >= 11 is 0. The molecule has 11 heavy (non-hydrogen) atoms. The predicted molar refractivity (Wildman–Crippen MR) is 48.8 cm³/mol. The quantitative estimate of drug-likeness (QED) is 0.669. The Morgan fingerprint density at radius 3 is 2.55 bits per heavy atom. The van der Waals surface area contributed by atoms with Crippen LogP contribution in [0.1, 0.15) is 26.7 Å². The summed E-state index contributed by atoms with van der Waals surface area (Å²) in [6.07, 6.45) is 1.40. The lowest BCUT2D eigenvalue weighted by Crippen LogP contribution is -2.33. The molecule has 0 aliphatic carbocycles. The second-order valence-electron chi connectivity index (χ2n) is 2.42. The van der Waals surface area contributed by atoms with Crippen LogP contribution in [0.2, 0.25) is 0 Å². The minimum Gasteiger partial charge on any atom is -0.354 e. The third-order valence-electron chi connectivity index (χ3n) is 1.39. The summed E-state index contributed by atoms with van der Waals surface area (Å²) in [5, 5.41) is 2.81. The Kier molecular flexibility index (Phi) is 9.47. The van der Waals surface area contributed by atoms with E-state index in [4.69, 9.17) is 5.73 Å². The molecule has 0 aromatic rings. The number of hydrogen-bond acceptors (Lipinski definition) is 2. The Morgan fingerprint density at radius 1 is 1.64 bits per heavy atom. The normalized spacial score (nSPS) is 11.5. The predicted octanol–water partition coefficient (Wildman–Crippen LogP) is 0.672. The molecule has 0 aliphatic heterocycles. The van der Waals surface area contributed by atoms with Gasteiger partial charge in [-0.15, -0.1) is 12.4 Å². The Bertz CT molecular complexity index is 109. The molecule has 1 amide bonds. The molecule has 68 valence electrons. The SMILES string of the molecule is CC[C@@H](C)NC(=O)CCN.Cl. The molecular weight excluding hydrogens is 164 g/mol.